The first kappa shape index (κ1) is 42.6. The van der Waals surface area contributed by atoms with Crippen molar-refractivity contribution in [1.82, 2.24) is 10.2 Å². The number of rotatable bonds is 10. The van der Waals surface area contributed by atoms with E-state index in [-0.39, 0.29) is 24.5 Å². The van der Waals surface area contributed by atoms with E-state index in [1.807, 2.05) is 95.9 Å². The topological polar surface area (TPSA) is 155 Å². The number of aliphatic hydroxyl groups excluding tert-OH is 1. The number of ether oxygens (including phenoxy) is 3. The third-order valence-electron chi connectivity index (χ3n) is 12.5. The van der Waals surface area contributed by atoms with Crippen LogP contribution in [-0.4, -0.2) is 65.4 Å². The van der Waals surface area contributed by atoms with Gasteiger partial charge in [-0.15, -0.1) is 0 Å². The molecule has 0 radical (unpaired) electrons. The molecule has 2 saturated heterocycles. The van der Waals surface area contributed by atoms with Crippen molar-refractivity contribution < 1.29 is 43.6 Å². The highest BCUT2D eigenvalue weighted by Gasteiger charge is 2.76. The molecule has 3 heterocycles. The molecule has 7 atom stereocenters. The second kappa shape index (κ2) is 17.8. The molecule has 3 aliphatic heterocycles. The van der Waals surface area contributed by atoms with E-state index in [2.05, 4.69) is 17.2 Å². The highest BCUT2D eigenvalue weighted by Crippen LogP contribution is 2.66. The number of carbonyl (C=O) groups is 4. The van der Waals surface area contributed by atoms with Crippen LogP contribution >= 0.6 is 0 Å². The van der Waals surface area contributed by atoms with Gasteiger partial charge < -0.3 is 29.7 Å². The molecule has 326 valence electrons. The molecule has 3 N–H and O–H groups in total. The van der Waals surface area contributed by atoms with Crippen LogP contribution in [0.25, 0.3) is 0 Å². The van der Waals surface area contributed by atoms with Crippen LogP contribution in [0.15, 0.2) is 158 Å². The summed E-state index contributed by atoms with van der Waals surface area (Å²) in [5, 5.41) is 24.4. The number of aliphatic hydroxyl groups is 1. The number of hydrogen-bond donors (Lipinski definition) is 3. The second-order valence-corrected chi connectivity index (χ2v) is 16.2. The van der Waals surface area contributed by atoms with Gasteiger partial charge in [0.1, 0.15) is 41.6 Å². The largest absolute Gasteiger partial charge is 0.497 e. The SMILES string of the molecule is COc1ccc(C#Cc2ccc3c(c2)[C@]2(C(=O)N3C(=O)N[C@H](C)c3ccccc3)[C@H](c3cccc(OCCO)c3)N3C(C(=O)O[C@@H](c4ccccc4)[C@H]3c3ccccc3)[C@@H]2C(=O)O)cc1. The Kier molecular flexibility index (Phi) is 11.7. The van der Waals surface area contributed by atoms with Crippen LogP contribution in [0.1, 0.15) is 70.1 Å². The lowest BCUT2D eigenvalue weighted by Crippen LogP contribution is -2.54. The number of cyclic esters (lactones) is 1. The lowest BCUT2D eigenvalue weighted by Gasteiger charge is -2.46. The van der Waals surface area contributed by atoms with E-state index in [4.69, 9.17) is 14.2 Å². The second-order valence-electron chi connectivity index (χ2n) is 16.2. The number of nitrogens with one attached hydrogen (secondary N) is 1. The Morgan fingerprint density at radius 1 is 0.754 bits per heavy atom. The summed E-state index contributed by atoms with van der Waals surface area (Å²) in [6.07, 6.45) is -0.952. The van der Waals surface area contributed by atoms with Gasteiger partial charge in [0, 0.05) is 11.1 Å². The zero-order chi connectivity index (χ0) is 45.2. The van der Waals surface area contributed by atoms with E-state index in [1.165, 1.54) is 0 Å². The number of urea groups is 1. The number of morpholine rings is 1. The number of carboxylic acids is 1. The summed E-state index contributed by atoms with van der Waals surface area (Å²) in [6, 6.07) is 41.9. The molecule has 1 unspecified atom stereocenters. The average molecular weight is 868 g/mol. The fourth-order valence-electron chi connectivity index (χ4n) is 9.80. The Morgan fingerprint density at radius 2 is 1.38 bits per heavy atom. The van der Waals surface area contributed by atoms with Gasteiger partial charge in [0.15, 0.2) is 0 Å². The minimum absolute atomic E-state index is 0.0378. The minimum Gasteiger partial charge on any atom is -0.497 e. The first-order valence-corrected chi connectivity index (χ1v) is 21.3. The number of amides is 3. The summed E-state index contributed by atoms with van der Waals surface area (Å²) in [5.41, 5.74) is 1.88. The van der Waals surface area contributed by atoms with Crippen LogP contribution in [-0.2, 0) is 24.5 Å². The van der Waals surface area contributed by atoms with E-state index in [9.17, 15) is 24.6 Å². The number of carboxylic acid groups (broad SMARTS) is 1. The van der Waals surface area contributed by atoms with Crippen molar-refractivity contribution in [2.24, 2.45) is 5.92 Å². The predicted molar refractivity (Wildman–Crippen MR) is 241 cm³/mol. The first-order valence-electron chi connectivity index (χ1n) is 21.3. The quantitative estimate of drug-likeness (QED) is 0.0923. The zero-order valence-corrected chi connectivity index (χ0v) is 35.5. The Hall–Kier alpha value is -7.72. The highest BCUT2D eigenvalue weighted by molar-refractivity contribution is 6.24. The van der Waals surface area contributed by atoms with Crippen LogP contribution in [0.2, 0.25) is 0 Å². The van der Waals surface area contributed by atoms with Crippen LogP contribution in [0.4, 0.5) is 10.5 Å². The molecule has 0 aromatic heterocycles. The summed E-state index contributed by atoms with van der Waals surface area (Å²) < 4.78 is 17.6. The number of hydrogen-bond acceptors (Lipinski definition) is 9. The maximum atomic E-state index is 16.2. The van der Waals surface area contributed by atoms with Gasteiger partial charge in [-0.2, -0.15) is 0 Å². The number of nitrogens with zero attached hydrogens (tertiary/aromatic N) is 2. The van der Waals surface area contributed by atoms with Gasteiger partial charge >= 0.3 is 18.0 Å². The Morgan fingerprint density at radius 3 is 2.05 bits per heavy atom. The van der Waals surface area contributed by atoms with Gasteiger partial charge in [-0.1, -0.05) is 115 Å². The molecule has 3 aliphatic rings. The van der Waals surface area contributed by atoms with Gasteiger partial charge in [-0.3, -0.25) is 19.3 Å². The predicted octanol–water partition coefficient (Wildman–Crippen LogP) is 7.69. The Balaban J connectivity index is 1.32. The van der Waals surface area contributed by atoms with Crippen molar-refractivity contribution in [2.75, 3.05) is 25.2 Å². The lowest BCUT2D eigenvalue weighted by atomic mass is 9.65. The van der Waals surface area contributed by atoms with Crippen molar-refractivity contribution in [3.8, 4) is 23.3 Å². The Labute approximate surface area is 376 Å². The standard InChI is InChI=1S/C53H45N3O9/c1-33(36-13-6-3-7-14-36)54-52(62)55-43-28-25-35(22-21-34-23-26-40(63-2)27-24-34)31-42(43)53(51(55)61)44(49(58)59)46-50(60)65-47(38-17-10-5-11-18-38)45(37-15-8-4-9-16-37)56(46)48(53)39-19-12-20-41(32-39)64-30-29-57/h3-20,23-28,31-33,44-48,57H,29-30H2,1-2H3,(H,54,62)(H,58,59)/t33-,44-,45-,46?,47+,48+,53-/m1/s1. The number of carbonyl (C=O) groups excluding carboxylic acids is 3. The number of benzene rings is 6. The summed E-state index contributed by atoms with van der Waals surface area (Å²) in [4.78, 5) is 63.2. The molecule has 65 heavy (non-hydrogen) atoms. The molecule has 9 rings (SSSR count). The van der Waals surface area contributed by atoms with Gasteiger partial charge in [-0.25, -0.2) is 9.69 Å². The number of anilines is 1. The molecule has 12 nitrogen and oxygen atoms in total. The molecule has 0 aliphatic carbocycles. The number of fused-ring (bicyclic) bond motifs is 3. The van der Waals surface area contributed by atoms with E-state index in [0.29, 0.717) is 39.3 Å². The van der Waals surface area contributed by atoms with Gasteiger partial charge in [0.2, 0.25) is 5.91 Å². The fraction of sp³-hybridized carbons (Fsp3) is 0.208. The minimum atomic E-state index is -2.16. The Bertz CT molecular complexity index is 2810. The van der Waals surface area contributed by atoms with Gasteiger partial charge in [0.05, 0.1) is 37.5 Å². The normalized spacial score (nSPS) is 22.5. The van der Waals surface area contributed by atoms with E-state index in [1.54, 1.807) is 80.8 Å². The monoisotopic (exact) mass is 867 g/mol. The number of esters is 1. The smallest absolute Gasteiger partial charge is 0.329 e. The highest BCUT2D eigenvalue weighted by atomic mass is 16.6. The molecule has 3 amide bonds. The van der Waals surface area contributed by atoms with Crippen molar-refractivity contribution in [3.05, 3.63) is 197 Å². The van der Waals surface area contributed by atoms with Gasteiger partial charge in [-0.05, 0) is 89.3 Å². The molecule has 12 heteroatoms. The fourth-order valence-corrected chi connectivity index (χ4v) is 9.80. The van der Waals surface area contributed by atoms with Crippen LogP contribution in [0, 0.1) is 17.8 Å². The molecule has 6 aromatic rings. The maximum absolute atomic E-state index is 16.2. The molecular weight excluding hydrogens is 823 g/mol. The van der Waals surface area contributed by atoms with Crippen molar-refractivity contribution in [2.45, 2.75) is 42.6 Å². The van der Waals surface area contributed by atoms with E-state index < -0.39 is 65.5 Å². The summed E-state index contributed by atoms with van der Waals surface area (Å²) >= 11 is 0. The number of methoxy groups -OCH3 is 1. The summed E-state index contributed by atoms with van der Waals surface area (Å²) in [6.45, 7) is 1.48. The van der Waals surface area contributed by atoms with Gasteiger partial charge in [0.25, 0.3) is 0 Å². The number of imide groups is 1. The molecule has 2 fully saturated rings. The molecular formula is C53H45N3O9. The van der Waals surface area contributed by atoms with Crippen molar-refractivity contribution >= 4 is 29.6 Å². The maximum Gasteiger partial charge on any atom is 0.329 e. The average Bonchev–Trinajstić information content (AvgIpc) is 3.80. The van der Waals surface area contributed by atoms with Crippen molar-refractivity contribution in [3.63, 3.8) is 0 Å². The number of aliphatic carboxylic acids is 1. The first-order chi connectivity index (χ1) is 31.6. The van der Waals surface area contributed by atoms with E-state index >= 15 is 4.79 Å². The van der Waals surface area contributed by atoms with Crippen molar-refractivity contribution in [1.29, 1.82) is 0 Å². The summed E-state index contributed by atoms with van der Waals surface area (Å²) in [5.74, 6) is 2.45. The molecule has 0 saturated carbocycles. The lowest BCUT2D eigenvalue weighted by molar-refractivity contribution is -0.179. The van der Waals surface area contributed by atoms with Crippen LogP contribution in [0.3, 0.4) is 0 Å². The van der Waals surface area contributed by atoms with E-state index in [0.717, 1.165) is 10.5 Å². The van der Waals surface area contributed by atoms with Crippen LogP contribution < -0.4 is 19.7 Å². The molecule has 6 aromatic carbocycles. The van der Waals surface area contributed by atoms with Crippen LogP contribution in [0.5, 0.6) is 11.5 Å². The third kappa shape index (κ3) is 7.54. The molecule has 0 bridgehead atoms. The third-order valence-corrected chi connectivity index (χ3v) is 12.5. The molecule has 1 spiro atoms. The zero-order valence-electron chi connectivity index (χ0n) is 35.5. The summed E-state index contributed by atoms with van der Waals surface area (Å²) in [7, 11) is 1.57.